The van der Waals surface area contributed by atoms with Crippen molar-refractivity contribution in [2.24, 2.45) is 0 Å². The third-order valence-corrected chi connectivity index (χ3v) is 4.90. The summed E-state index contributed by atoms with van der Waals surface area (Å²) in [6, 6.07) is 11.9. The Morgan fingerprint density at radius 3 is 2.85 bits per heavy atom. The largest absolute Gasteiger partial charge is 0.492 e. The molecule has 4 rings (SSSR count). The first-order valence-corrected chi connectivity index (χ1v) is 9.19. The van der Waals surface area contributed by atoms with Crippen molar-refractivity contribution in [2.75, 3.05) is 12.0 Å². The molecular formula is C18H14ClFN4OS. The first-order valence-electron chi connectivity index (χ1n) is 7.93. The molecule has 5 nitrogen and oxygen atoms in total. The van der Waals surface area contributed by atoms with E-state index in [4.69, 9.17) is 16.3 Å². The van der Waals surface area contributed by atoms with Gasteiger partial charge in [0.05, 0.1) is 17.3 Å². The Hall–Kier alpha value is -2.51. The summed E-state index contributed by atoms with van der Waals surface area (Å²) in [5.74, 6) is 0.861. The van der Waals surface area contributed by atoms with Crippen molar-refractivity contribution in [1.29, 1.82) is 0 Å². The third kappa shape index (κ3) is 3.15. The van der Waals surface area contributed by atoms with Crippen molar-refractivity contribution in [2.45, 2.75) is 12.1 Å². The Balaban J connectivity index is 1.66. The van der Waals surface area contributed by atoms with E-state index in [0.717, 1.165) is 11.3 Å². The molecule has 3 aromatic rings. The fraction of sp³-hybridized carbons (Fsp3) is 0.111. The van der Waals surface area contributed by atoms with Gasteiger partial charge in [-0.05, 0) is 37.3 Å². The van der Waals surface area contributed by atoms with E-state index in [2.05, 4.69) is 15.6 Å². The fourth-order valence-corrected chi connectivity index (χ4v) is 3.57. The van der Waals surface area contributed by atoms with Crippen LogP contribution in [0, 0.1) is 5.82 Å². The molecule has 0 saturated heterocycles. The summed E-state index contributed by atoms with van der Waals surface area (Å²) >= 11 is 7.72. The Kier molecular flexibility index (Phi) is 4.57. The summed E-state index contributed by atoms with van der Waals surface area (Å²) < 4.78 is 20.8. The van der Waals surface area contributed by atoms with Gasteiger partial charge in [0, 0.05) is 16.5 Å². The molecule has 26 heavy (non-hydrogen) atoms. The zero-order chi connectivity index (χ0) is 18.1. The number of rotatable bonds is 4. The monoisotopic (exact) mass is 388 g/mol. The first kappa shape index (κ1) is 16.9. The summed E-state index contributed by atoms with van der Waals surface area (Å²) in [7, 11) is 0. The average Bonchev–Trinajstić information content (AvgIpc) is 3.07. The summed E-state index contributed by atoms with van der Waals surface area (Å²) in [6.45, 7) is 2.46. The second kappa shape index (κ2) is 7.01. The van der Waals surface area contributed by atoms with Gasteiger partial charge in [-0.1, -0.05) is 35.5 Å². The van der Waals surface area contributed by atoms with Crippen LogP contribution in [0.2, 0.25) is 5.02 Å². The number of nitrogens with one attached hydrogen (secondary N) is 1. The fourth-order valence-electron chi connectivity index (χ4n) is 2.59. The van der Waals surface area contributed by atoms with E-state index in [0.29, 0.717) is 33.9 Å². The standard InChI is InChI=1S/C18H14ClFN4OS/c1-2-25-16-7-6-11(9-14(16)19)15-10-26-18-22-21-17(24(18)23-15)12-4-3-5-13(20)8-12/h3-10,23H,2H2,1H3. The third-order valence-electron chi connectivity index (χ3n) is 3.77. The van der Waals surface area contributed by atoms with Crippen LogP contribution in [0.3, 0.4) is 0 Å². The van der Waals surface area contributed by atoms with E-state index >= 15 is 0 Å². The summed E-state index contributed by atoms with van der Waals surface area (Å²) in [5, 5.41) is 11.5. The van der Waals surface area contributed by atoms with E-state index in [9.17, 15) is 4.39 Å². The number of benzene rings is 2. The number of fused-ring (bicyclic) bond motifs is 1. The molecule has 0 aliphatic carbocycles. The Morgan fingerprint density at radius 2 is 2.08 bits per heavy atom. The quantitative estimate of drug-likeness (QED) is 0.696. The van der Waals surface area contributed by atoms with Gasteiger partial charge in [-0.2, -0.15) is 0 Å². The predicted molar refractivity (Wildman–Crippen MR) is 101 cm³/mol. The molecule has 0 saturated carbocycles. The highest BCUT2D eigenvalue weighted by Crippen LogP contribution is 2.34. The van der Waals surface area contributed by atoms with E-state index in [1.165, 1.54) is 23.9 Å². The highest BCUT2D eigenvalue weighted by Gasteiger charge is 2.20. The Labute approximate surface area is 158 Å². The minimum absolute atomic E-state index is 0.322. The maximum absolute atomic E-state index is 13.6. The van der Waals surface area contributed by atoms with Crippen molar-refractivity contribution in [3.8, 4) is 17.1 Å². The number of aromatic nitrogens is 3. The molecule has 0 atom stereocenters. The molecule has 8 heteroatoms. The molecule has 0 amide bonds. The van der Waals surface area contributed by atoms with Crippen LogP contribution < -0.4 is 10.2 Å². The van der Waals surface area contributed by atoms with Crippen molar-refractivity contribution < 1.29 is 9.13 Å². The number of thioether (sulfide) groups is 1. The smallest absolute Gasteiger partial charge is 0.214 e. The van der Waals surface area contributed by atoms with E-state index in [1.807, 2.05) is 30.5 Å². The summed E-state index contributed by atoms with van der Waals surface area (Å²) in [5.41, 5.74) is 5.65. The lowest BCUT2D eigenvalue weighted by atomic mass is 10.1. The van der Waals surface area contributed by atoms with Crippen LogP contribution in [0.25, 0.3) is 17.1 Å². The van der Waals surface area contributed by atoms with Gasteiger partial charge in [-0.15, -0.1) is 10.2 Å². The maximum Gasteiger partial charge on any atom is 0.214 e. The van der Waals surface area contributed by atoms with E-state index < -0.39 is 0 Å². The van der Waals surface area contributed by atoms with Gasteiger partial charge in [0.1, 0.15) is 11.6 Å². The van der Waals surface area contributed by atoms with Gasteiger partial charge in [-0.25, -0.2) is 9.07 Å². The molecule has 0 radical (unpaired) electrons. The molecule has 1 N–H and O–H groups in total. The SMILES string of the molecule is CCOc1ccc(C2=CSc3nnc(-c4cccc(F)c4)n3N2)cc1Cl. The average molecular weight is 389 g/mol. The highest BCUT2D eigenvalue weighted by molar-refractivity contribution is 8.02. The second-order valence-corrected chi connectivity index (χ2v) is 6.74. The van der Waals surface area contributed by atoms with Crippen molar-refractivity contribution in [1.82, 2.24) is 14.9 Å². The topological polar surface area (TPSA) is 52.0 Å². The lowest BCUT2D eigenvalue weighted by molar-refractivity contribution is 0.340. The molecule has 1 aromatic heterocycles. The van der Waals surface area contributed by atoms with Gasteiger partial charge in [0.2, 0.25) is 5.16 Å². The minimum Gasteiger partial charge on any atom is -0.492 e. The summed E-state index contributed by atoms with van der Waals surface area (Å²) in [6.07, 6.45) is 0. The Morgan fingerprint density at radius 1 is 1.19 bits per heavy atom. The predicted octanol–water partition coefficient (Wildman–Crippen LogP) is 4.78. The van der Waals surface area contributed by atoms with Crippen LogP contribution in [-0.2, 0) is 0 Å². The Bertz CT molecular complexity index is 1000. The maximum atomic E-state index is 13.6. The highest BCUT2D eigenvalue weighted by atomic mass is 35.5. The molecule has 0 fully saturated rings. The van der Waals surface area contributed by atoms with E-state index in [-0.39, 0.29) is 5.82 Å². The molecular weight excluding hydrogens is 375 g/mol. The van der Waals surface area contributed by atoms with Crippen molar-refractivity contribution in [3.63, 3.8) is 0 Å². The zero-order valence-corrected chi connectivity index (χ0v) is 15.3. The van der Waals surface area contributed by atoms with Crippen LogP contribution in [0.4, 0.5) is 4.39 Å². The first-order chi connectivity index (χ1) is 12.7. The molecule has 0 unspecified atom stereocenters. The number of nitrogens with zero attached hydrogens (tertiary/aromatic N) is 3. The van der Waals surface area contributed by atoms with Gasteiger partial charge < -0.3 is 4.74 Å². The zero-order valence-electron chi connectivity index (χ0n) is 13.7. The number of hydrogen-bond acceptors (Lipinski definition) is 5. The number of halogens is 2. The van der Waals surface area contributed by atoms with E-state index in [1.54, 1.807) is 16.8 Å². The molecule has 2 heterocycles. The summed E-state index contributed by atoms with van der Waals surface area (Å²) in [4.78, 5) is 0. The van der Waals surface area contributed by atoms with Crippen LogP contribution in [0.5, 0.6) is 5.75 Å². The minimum atomic E-state index is -0.322. The van der Waals surface area contributed by atoms with Gasteiger partial charge in [-0.3, -0.25) is 5.43 Å². The number of hydrogen-bond donors (Lipinski definition) is 1. The van der Waals surface area contributed by atoms with Crippen LogP contribution >= 0.6 is 23.4 Å². The van der Waals surface area contributed by atoms with Gasteiger partial charge in [0.15, 0.2) is 5.82 Å². The van der Waals surface area contributed by atoms with Crippen LogP contribution in [-0.4, -0.2) is 21.5 Å². The van der Waals surface area contributed by atoms with Crippen LogP contribution in [0.1, 0.15) is 12.5 Å². The molecule has 1 aliphatic rings. The molecule has 0 spiro atoms. The second-order valence-electron chi connectivity index (χ2n) is 5.49. The number of ether oxygens (including phenoxy) is 1. The molecule has 1 aliphatic heterocycles. The molecule has 0 bridgehead atoms. The lowest BCUT2D eigenvalue weighted by Gasteiger charge is -2.19. The molecule has 2 aromatic carbocycles. The lowest BCUT2D eigenvalue weighted by Crippen LogP contribution is -2.18. The van der Waals surface area contributed by atoms with Gasteiger partial charge in [0.25, 0.3) is 0 Å². The molecule has 132 valence electrons. The van der Waals surface area contributed by atoms with Crippen molar-refractivity contribution in [3.05, 3.63) is 64.3 Å². The normalized spacial score (nSPS) is 13.0. The van der Waals surface area contributed by atoms with Gasteiger partial charge >= 0.3 is 0 Å². The van der Waals surface area contributed by atoms with Crippen LogP contribution in [0.15, 0.2) is 53.0 Å². The van der Waals surface area contributed by atoms with Crippen molar-refractivity contribution >= 4 is 29.1 Å².